The minimum Gasteiger partial charge on any atom is -0.493 e. The zero-order valence-electron chi connectivity index (χ0n) is 20.7. The quantitative estimate of drug-likeness (QED) is 0.344. The predicted molar refractivity (Wildman–Crippen MR) is 135 cm³/mol. The van der Waals surface area contributed by atoms with Crippen molar-refractivity contribution in [3.63, 3.8) is 0 Å². The zero-order valence-corrected chi connectivity index (χ0v) is 21.4. The second kappa shape index (κ2) is 12.3. The lowest BCUT2D eigenvalue weighted by Gasteiger charge is -2.26. The number of methoxy groups -OCH3 is 1. The van der Waals surface area contributed by atoms with Gasteiger partial charge in [0.2, 0.25) is 0 Å². The Balaban J connectivity index is 1.91. The van der Waals surface area contributed by atoms with E-state index in [9.17, 15) is 14.4 Å². The van der Waals surface area contributed by atoms with Gasteiger partial charge in [0.1, 0.15) is 5.57 Å². The molecule has 9 nitrogen and oxygen atoms in total. The van der Waals surface area contributed by atoms with E-state index in [2.05, 4.69) is 5.32 Å². The highest BCUT2D eigenvalue weighted by molar-refractivity contribution is 6.33. The summed E-state index contributed by atoms with van der Waals surface area (Å²) in [7, 11) is 1.51. The normalized spacial score (nSPS) is 14.6. The molecule has 192 valence electrons. The van der Waals surface area contributed by atoms with Crippen LogP contribution in [-0.2, 0) is 16.1 Å². The molecule has 1 aliphatic rings. The molecule has 2 aromatic rings. The SMILES string of the molecule is CCCOc1ccc(CN2C(=O)NC(=O)/C(=C/c3cc(Cl)c(OCC)c(OCC)c3)C2=O)cc1OC. The summed E-state index contributed by atoms with van der Waals surface area (Å²) < 4.78 is 22.2. The molecule has 0 bridgehead atoms. The van der Waals surface area contributed by atoms with Gasteiger partial charge in [0.05, 0.1) is 38.5 Å². The largest absolute Gasteiger partial charge is 0.493 e. The first kappa shape index (κ1) is 26.9. The molecule has 0 aromatic heterocycles. The van der Waals surface area contributed by atoms with Crippen LogP contribution in [0.15, 0.2) is 35.9 Å². The first-order chi connectivity index (χ1) is 17.3. The fourth-order valence-electron chi connectivity index (χ4n) is 3.55. The van der Waals surface area contributed by atoms with E-state index in [1.165, 1.54) is 13.2 Å². The van der Waals surface area contributed by atoms with Gasteiger partial charge in [-0.1, -0.05) is 24.6 Å². The molecule has 2 aromatic carbocycles. The highest BCUT2D eigenvalue weighted by Crippen LogP contribution is 2.37. The number of halogens is 1. The molecule has 1 aliphatic heterocycles. The molecule has 3 rings (SSSR count). The minimum absolute atomic E-state index is 0.0755. The summed E-state index contributed by atoms with van der Waals surface area (Å²) in [5, 5.41) is 2.49. The molecule has 36 heavy (non-hydrogen) atoms. The monoisotopic (exact) mass is 516 g/mol. The number of urea groups is 1. The Morgan fingerprint density at radius 3 is 2.36 bits per heavy atom. The first-order valence-corrected chi connectivity index (χ1v) is 12.0. The van der Waals surface area contributed by atoms with E-state index in [1.54, 1.807) is 30.3 Å². The van der Waals surface area contributed by atoms with Gasteiger partial charge in [-0.3, -0.25) is 19.8 Å². The summed E-state index contributed by atoms with van der Waals surface area (Å²) in [5.41, 5.74) is 0.849. The molecular weight excluding hydrogens is 488 g/mol. The molecule has 0 spiro atoms. The van der Waals surface area contributed by atoms with Crippen LogP contribution in [0, 0.1) is 0 Å². The molecule has 0 unspecified atom stereocenters. The van der Waals surface area contributed by atoms with Crippen molar-refractivity contribution >= 4 is 35.5 Å². The number of carbonyl (C=O) groups excluding carboxylic acids is 3. The van der Waals surface area contributed by atoms with Crippen LogP contribution in [0.3, 0.4) is 0 Å². The van der Waals surface area contributed by atoms with Gasteiger partial charge in [0.25, 0.3) is 11.8 Å². The maximum absolute atomic E-state index is 13.2. The van der Waals surface area contributed by atoms with E-state index in [-0.39, 0.29) is 17.1 Å². The molecule has 1 saturated heterocycles. The van der Waals surface area contributed by atoms with Crippen LogP contribution >= 0.6 is 11.6 Å². The molecule has 0 atom stereocenters. The maximum Gasteiger partial charge on any atom is 0.331 e. The second-order valence-electron chi connectivity index (χ2n) is 7.74. The van der Waals surface area contributed by atoms with E-state index in [4.69, 9.17) is 30.5 Å². The number of rotatable bonds is 11. The average Bonchev–Trinajstić information content (AvgIpc) is 2.85. The third kappa shape index (κ3) is 6.09. The maximum atomic E-state index is 13.2. The van der Waals surface area contributed by atoms with E-state index >= 15 is 0 Å². The van der Waals surface area contributed by atoms with Crippen molar-refractivity contribution in [2.45, 2.75) is 33.7 Å². The highest BCUT2D eigenvalue weighted by atomic mass is 35.5. The van der Waals surface area contributed by atoms with Gasteiger partial charge in [-0.05, 0) is 61.7 Å². The molecule has 0 saturated carbocycles. The van der Waals surface area contributed by atoms with Gasteiger partial charge < -0.3 is 18.9 Å². The number of barbiturate groups is 1. The summed E-state index contributed by atoms with van der Waals surface area (Å²) in [4.78, 5) is 39.2. The lowest BCUT2D eigenvalue weighted by atomic mass is 10.1. The van der Waals surface area contributed by atoms with Gasteiger partial charge in [0.15, 0.2) is 23.0 Å². The number of nitrogens with one attached hydrogen (secondary N) is 1. The number of imide groups is 2. The Morgan fingerprint density at radius 1 is 0.944 bits per heavy atom. The molecule has 4 amide bonds. The first-order valence-electron chi connectivity index (χ1n) is 11.6. The number of amides is 4. The third-order valence-corrected chi connectivity index (χ3v) is 5.43. The molecule has 10 heteroatoms. The van der Waals surface area contributed by atoms with E-state index in [1.807, 2.05) is 20.8 Å². The summed E-state index contributed by atoms with van der Waals surface area (Å²) in [6, 6.07) is 7.50. The number of nitrogens with zero attached hydrogens (tertiary/aromatic N) is 1. The smallest absolute Gasteiger partial charge is 0.331 e. The highest BCUT2D eigenvalue weighted by Gasteiger charge is 2.36. The Kier molecular flexibility index (Phi) is 9.19. The molecule has 0 radical (unpaired) electrons. The molecule has 1 N–H and O–H groups in total. The fraction of sp³-hybridized carbons (Fsp3) is 0.346. The number of benzene rings is 2. The van der Waals surface area contributed by atoms with Crippen LogP contribution in [-0.4, -0.2) is 49.7 Å². The number of hydrogen-bond donors (Lipinski definition) is 1. The third-order valence-electron chi connectivity index (χ3n) is 5.15. The van der Waals surface area contributed by atoms with Gasteiger partial charge in [-0.25, -0.2) is 4.79 Å². The van der Waals surface area contributed by atoms with Crippen LogP contribution in [0.25, 0.3) is 6.08 Å². The van der Waals surface area contributed by atoms with Crippen LogP contribution in [0.5, 0.6) is 23.0 Å². The van der Waals surface area contributed by atoms with Gasteiger partial charge in [0, 0.05) is 0 Å². The second-order valence-corrected chi connectivity index (χ2v) is 8.15. The van der Waals surface area contributed by atoms with E-state index < -0.39 is 17.8 Å². The van der Waals surface area contributed by atoms with Crippen LogP contribution < -0.4 is 24.3 Å². The minimum atomic E-state index is -0.813. The zero-order chi connectivity index (χ0) is 26.2. The van der Waals surface area contributed by atoms with Crippen molar-refractivity contribution in [1.29, 1.82) is 0 Å². The van der Waals surface area contributed by atoms with Gasteiger partial charge in [-0.2, -0.15) is 0 Å². The van der Waals surface area contributed by atoms with Crippen molar-refractivity contribution in [2.24, 2.45) is 0 Å². The van der Waals surface area contributed by atoms with Crippen molar-refractivity contribution in [3.05, 3.63) is 52.1 Å². The standard InChI is InChI=1S/C26H29ClN2O7/c1-5-10-36-20-9-8-16(13-21(20)33-4)15-29-25(31)18(24(30)28-26(29)32)11-17-12-19(27)23(35-7-3)22(14-17)34-6-2/h8-9,11-14H,5-7,10,15H2,1-4H3,(H,28,30,32)/b18-11-. The average molecular weight is 517 g/mol. The van der Waals surface area contributed by atoms with Crippen molar-refractivity contribution in [3.8, 4) is 23.0 Å². The summed E-state index contributed by atoms with van der Waals surface area (Å²) in [6.45, 7) is 6.83. The lowest BCUT2D eigenvalue weighted by molar-refractivity contribution is -0.130. The predicted octanol–water partition coefficient (Wildman–Crippen LogP) is 4.60. The fourth-order valence-corrected chi connectivity index (χ4v) is 3.82. The Hall–Kier alpha value is -3.72. The number of ether oxygens (including phenoxy) is 4. The Labute approximate surface area is 214 Å². The van der Waals surface area contributed by atoms with Crippen molar-refractivity contribution < 1.29 is 33.3 Å². The van der Waals surface area contributed by atoms with Crippen molar-refractivity contribution in [2.75, 3.05) is 26.9 Å². The van der Waals surface area contributed by atoms with Gasteiger partial charge in [-0.15, -0.1) is 0 Å². The Morgan fingerprint density at radius 2 is 1.69 bits per heavy atom. The topological polar surface area (TPSA) is 103 Å². The number of carbonyl (C=O) groups is 3. The van der Waals surface area contributed by atoms with E-state index in [0.29, 0.717) is 53.9 Å². The van der Waals surface area contributed by atoms with Crippen molar-refractivity contribution in [1.82, 2.24) is 10.2 Å². The Bertz CT molecular complexity index is 1180. The van der Waals surface area contributed by atoms with Crippen LogP contribution in [0.2, 0.25) is 5.02 Å². The number of hydrogen-bond acceptors (Lipinski definition) is 7. The molecular formula is C26H29ClN2O7. The summed E-state index contributed by atoms with van der Waals surface area (Å²) in [6.07, 6.45) is 2.20. The van der Waals surface area contributed by atoms with E-state index in [0.717, 1.165) is 11.3 Å². The molecule has 1 fully saturated rings. The lowest BCUT2D eigenvalue weighted by Crippen LogP contribution is -2.53. The molecule has 0 aliphatic carbocycles. The van der Waals surface area contributed by atoms with Crippen LogP contribution in [0.4, 0.5) is 4.79 Å². The molecule has 1 heterocycles. The van der Waals surface area contributed by atoms with Crippen LogP contribution in [0.1, 0.15) is 38.3 Å². The summed E-state index contributed by atoms with van der Waals surface area (Å²) >= 11 is 6.37. The summed E-state index contributed by atoms with van der Waals surface area (Å²) in [5.74, 6) is 0.255. The van der Waals surface area contributed by atoms with Gasteiger partial charge >= 0.3 is 6.03 Å².